The van der Waals surface area contributed by atoms with Gasteiger partial charge in [0.15, 0.2) is 0 Å². The van der Waals surface area contributed by atoms with Crippen molar-refractivity contribution in [2.75, 3.05) is 0 Å². The molecule has 0 nitrogen and oxygen atoms in total. The fourth-order valence-corrected chi connectivity index (χ4v) is 3.72. The van der Waals surface area contributed by atoms with Gasteiger partial charge in [-0.05, 0) is 49.5 Å². The third kappa shape index (κ3) is 6.68. The second kappa shape index (κ2) is 10.0. The maximum absolute atomic E-state index is 2.43. The van der Waals surface area contributed by atoms with Crippen molar-refractivity contribution in [3.63, 3.8) is 0 Å². The summed E-state index contributed by atoms with van der Waals surface area (Å²) in [6, 6.07) is 9.06. The minimum atomic E-state index is 0.825. The second-order valence-corrected chi connectivity index (χ2v) is 7.13. The van der Waals surface area contributed by atoms with Gasteiger partial charge in [-0.1, -0.05) is 83.2 Å². The molecule has 2 unspecified atom stereocenters. The molecule has 0 aliphatic rings. The first-order valence-electron chi connectivity index (χ1n) is 9.14. The fraction of sp³-hybridized carbons (Fsp3) is 0.714. The van der Waals surface area contributed by atoms with Gasteiger partial charge in [0.25, 0.3) is 0 Å². The van der Waals surface area contributed by atoms with Crippen LogP contribution in [0.25, 0.3) is 0 Å². The Hall–Kier alpha value is -0.780. The van der Waals surface area contributed by atoms with Crippen LogP contribution in [-0.2, 0) is 6.42 Å². The highest BCUT2D eigenvalue weighted by Crippen LogP contribution is 2.33. The van der Waals surface area contributed by atoms with Crippen LogP contribution in [0.5, 0.6) is 0 Å². The zero-order chi connectivity index (χ0) is 15.7. The predicted octanol–water partition coefficient (Wildman–Crippen LogP) is 6.81. The molecule has 0 saturated heterocycles. The van der Waals surface area contributed by atoms with Crippen LogP contribution in [0.3, 0.4) is 0 Å². The van der Waals surface area contributed by atoms with Crippen molar-refractivity contribution < 1.29 is 0 Å². The van der Waals surface area contributed by atoms with Gasteiger partial charge in [-0.2, -0.15) is 0 Å². The Labute approximate surface area is 133 Å². The summed E-state index contributed by atoms with van der Waals surface area (Å²) in [5.41, 5.74) is 2.92. The molecule has 1 rings (SSSR count). The molecule has 0 N–H and O–H groups in total. The third-order valence-corrected chi connectivity index (χ3v) is 4.90. The van der Waals surface area contributed by atoms with Gasteiger partial charge in [-0.25, -0.2) is 0 Å². The van der Waals surface area contributed by atoms with Crippen LogP contribution in [0.2, 0.25) is 0 Å². The van der Waals surface area contributed by atoms with Gasteiger partial charge in [0.1, 0.15) is 0 Å². The lowest BCUT2D eigenvalue weighted by Crippen LogP contribution is -2.21. The van der Waals surface area contributed by atoms with Crippen LogP contribution >= 0.6 is 0 Å². The average molecular weight is 289 g/mol. The first kappa shape index (κ1) is 18.3. The molecule has 0 fully saturated rings. The molecular formula is C21H36. The topological polar surface area (TPSA) is 0 Å². The molecule has 0 heteroatoms. The molecule has 2 atom stereocenters. The molecule has 0 bridgehead atoms. The van der Waals surface area contributed by atoms with E-state index in [-0.39, 0.29) is 0 Å². The quantitative estimate of drug-likeness (QED) is 0.444. The third-order valence-electron chi connectivity index (χ3n) is 4.90. The SMILES string of the molecule is CCCCC(C(C)C)C(CCC)CCc1cccc(C)c1. The summed E-state index contributed by atoms with van der Waals surface area (Å²) < 4.78 is 0. The van der Waals surface area contributed by atoms with Crippen LogP contribution in [-0.4, -0.2) is 0 Å². The normalized spacial score (nSPS) is 14.4. The van der Waals surface area contributed by atoms with E-state index in [0.717, 1.165) is 17.8 Å². The lowest BCUT2D eigenvalue weighted by molar-refractivity contribution is 0.207. The second-order valence-electron chi connectivity index (χ2n) is 7.13. The van der Waals surface area contributed by atoms with Gasteiger partial charge in [0, 0.05) is 0 Å². The average Bonchev–Trinajstić information content (AvgIpc) is 2.44. The Bertz CT molecular complexity index is 377. The van der Waals surface area contributed by atoms with Gasteiger partial charge < -0.3 is 0 Å². The summed E-state index contributed by atoms with van der Waals surface area (Å²) in [6.45, 7) is 11.7. The number of benzene rings is 1. The molecule has 1 aromatic rings. The standard InChI is InChI=1S/C21H36/c1-6-8-13-21(17(3)4)20(10-7-2)15-14-19-12-9-11-18(5)16-19/h9,11-12,16-17,20-21H,6-8,10,13-15H2,1-5H3. The smallest absolute Gasteiger partial charge is 0.0276 e. The molecule has 0 spiro atoms. The zero-order valence-electron chi connectivity index (χ0n) is 15.0. The lowest BCUT2D eigenvalue weighted by Gasteiger charge is -2.30. The summed E-state index contributed by atoms with van der Waals surface area (Å²) in [5, 5.41) is 0. The Balaban J connectivity index is 2.65. The molecule has 0 amide bonds. The Morgan fingerprint density at radius 3 is 2.29 bits per heavy atom. The molecular weight excluding hydrogens is 252 g/mol. The van der Waals surface area contributed by atoms with E-state index in [0.29, 0.717) is 0 Å². The van der Waals surface area contributed by atoms with Crippen molar-refractivity contribution in [1.82, 2.24) is 0 Å². The number of hydrogen-bond acceptors (Lipinski definition) is 0. The molecule has 21 heavy (non-hydrogen) atoms. The molecule has 0 aromatic heterocycles. The van der Waals surface area contributed by atoms with Crippen LogP contribution in [0, 0.1) is 24.7 Å². The maximum atomic E-state index is 2.43. The zero-order valence-corrected chi connectivity index (χ0v) is 15.0. The first-order chi connectivity index (χ1) is 10.1. The molecule has 1 aromatic carbocycles. The van der Waals surface area contributed by atoms with Crippen molar-refractivity contribution >= 4 is 0 Å². The molecule has 120 valence electrons. The van der Waals surface area contributed by atoms with Crippen molar-refractivity contribution in [3.05, 3.63) is 35.4 Å². The number of aryl methyl sites for hydroxylation is 2. The fourth-order valence-electron chi connectivity index (χ4n) is 3.72. The number of hydrogen-bond donors (Lipinski definition) is 0. The van der Waals surface area contributed by atoms with Crippen LogP contribution in [0.4, 0.5) is 0 Å². The number of unbranched alkanes of at least 4 members (excludes halogenated alkanes) is 1. The van der Waals surface area contributed by atoms with Crippen molar-refractivity contribution in [3.8, 4) is 0 Å². The molecule has 0 saturated carbocycles. The van der Waals surface area contributed by atoms with E-state index in [1.54, 1.807) is 0 Å². The van der Waals surface area contributed by atoms with E-state index in [4.69, 9.17) is 0 Å². The Kier molecular flexibility index (Phi) is 8.73. The van der Waals surface area contributed by atoms with Gasteiger partial charge >= 0.3 is 0 Å². The van der Waals surface area contributed by atoms with Crippen molar-refractivity contribution in [2.24, 2.45) is 17.8 Å². The van der Waals surface area contributed by atoms with E-state index in [2.05, 4.69) is 58.9 Å². The monoisotopic (exact) mass is 288 g/mol. The van der Waals surface area contributed by atoms with E-state index < -0.39 is 0 Å². The van der Waals surface area contributed by atoms with Crippen LogP contribution < -0.4 is 0 Å². The van der Waals surface area contributed by atoms with E-state index in [1.807, 2.05) is 0 Å². The summed E-state index contributed by atoms with van der Waals surface area (Å²) in [4.78, 5) is 0. The Morgan fingerprint density at radius 1 is 0.952 bits per heavy atom. The highest BCUT2D eigenvalue weighted by molar-refractivity contribution is 5.22. The largest absolute Gasteiger partial charge is 0.0654 e. The van der Waals surface area contributed by atoms with Crippen LogP contribution in [0.1, 0.15) is 77.3 Å². The summed E-state index contributed by atoms with van der Waals surface area (Å²) in [6.07, 6.45) is 9.50. The molecule has 0 radical (unpaired) electrons. The summed E-state index contributed by atoms with van der Waals surface area (Å²) in [7, 11) is 0. The van der Waals surface area contributed by atoms with Crippen LogP contribution in [0.15, 0.2) is 24.3 Å². The minimum absolute atomic E-state index is 0.825. The molecule has 0 heterocycles. The summed E-state index contributed by atoms with van der Waals surface area (Å²) in [5.74, 6) is 2.64. The van der Waals surface area contributed by atoms with Gasteiger partial charge in [0.05, 0.1) is 0 Å². The minimum Gasteiger partial charge on any atom is -0.0654 e. The lowest BCUT2D eigenvalue weighted by atomic mass is 9.75. The predicted molar refractivity (Wildman–Crippen MR) is 95.8 cm³/mol. The van der Waals surface area contributed by atoms with Gasteiger partial charge in [0.2, 0.25) is 0 Å². The molecule has 0 aliphatic heterocycles. The van der Waals surface area contributed by atoms with E-state index >= 15 is 0 Å². The highest BCUT2D eigenvalue weighted by Gasteiger charge is 2.23. The highest BCUT2D eigenvalue weighted by atomic mass is 14.3. The number of rotatable bonds is 10. The van der Waals surface area contributed by atoms with Crippen molar-refractivity contribution in [2.45, 2.75) is 79.6 Å². The van der Waals surface area contributed by atoms with E-state index in [9.17, 15) is 0 Å². The Morgan fingerprint density at radius 2 is 1.71 bits per heavy atom. The molecule has 0 aliphatic carbocycles. The van der Waals surface area contributed by atoms with E-state index in [1.165, 1.54) is 56.1 Å². The van der Waals surface area contributed by atoms with Gasteiger partial charge in [-0.15, -0.1) is 0 Å². The van der Waals surface area contributed by atoms with Crippen molar-refractivity contribution in [1.29, 1.82) is 0 Å². The first-order valence-corrected chi connectivity index (χ1v) is 9.14. The summed E-state index contributed by atoms with van der Waals surface area (Å²) >= 11 is 0. The maximum Gasteiger partial charge on any atom is -0.0276 e. The van der Waals surface area contributed by atoms with Gasteiger partial charge in [-0.3, -0.25) is 0 Å².